The van der Waals surface area contributed by atoms with Crippen molar-refractivity contribution in [1.29, 1.82) is 0 Å². The van der Waals surface area contributed by atoms with Crippen molar-refractivity contribution in [3.8, 4) is 45.3 Å². The van der Waals surface area contributed by atoms with Crippen LogP contribution in [0, 0.1) is 0 Å². The first kappa shape index (κ1) is 24.1. The molecule has 0 unspecified atom stereocenters. The molecular weight excluding hydrogens is 512 g/mol. The molecule has 4 heteroatoms. The third kappa shape index (κ3) is 4.18. The average molecular weight is 537 g/mol. The van der Waals surface area contributed by atoms with E-state index in [1.54, 1.807) is 12.4 Å². The molecule has 42 heavy (non-hydrogen) atoms. The summed E-state index contributed by atoms with van der Waals surface area (Å²) < 4.78 is 0. The molecule has 4 aromatic carbocycles. The van der Waals surface area contributed by atoms with Crippen molar-refractivity contribution in [2.75, 3.05) is 0 Å². The summed E-state index contributed by atoms with van der Waals surface area (Å²) in [5.74, 6) is 0. The Morgan fingerprint density at radius 1 is 0.286 bits per heavy atom. The van der Waals surface area contributed by atoms with E-state index in [-0.39, 0.29) is 0 Å². The second-order valence-electron chi connectivity index (χ2n) is 10.3. The fourth-order valence-electron chi connectivity index (χ4n) is 5.78. The zero-order valence-electron chi connectivity index (χ0n) is 22.6. The molecule has 0 saturated heterocycles. The zero-order chi connectivity index (χ0) is 27.9. The van der Waals surface area contributed by atoms with Crippen molar-refractivity contribution in [3.63, 3.8) is 0 Å². The van der Waals surface area contributed by atoms with Crippen LogP contribution in [0.15, 0.2) is 146 Å². The van der Waals surface area contributed by atoms with Crippen LogP contribution >= 0.6 is 0 Å². The van der Waals surface area contributed by atoms with Gasteiger partial charge in [-0.3, -0.25) is 9.97 Å². The number of nitrogens with zero attached hydrogens (tertiary/aromatic N) is 4. The van der Waals surface area contributed by atoms with Gasteiger partial charge in [0.1, 0.15) is 0 Å². The van der Waals surface area contributed by atoms with Crippen LogP contribution in [0.2, 0.25) is 0 Å². The quantitative estimate of drug-likeness (QED) is 0.210. The van der Waals surface area contributed by atoms with Crippen molar-refractivity contribution in [2.45, 2.75) is 0 Å². The molecule has 196 valence electrons. The fraction of sp³-hybridized carbons (Fsp3) is 0. The highest BCUT2D eigenvalue weighted by atomic mass is 14.8. The molecule has 4 nitrogen and oxygen atoms in total. The molecule has 8 rings (SSSR count). The molecule has 0 aliphatic carbocycles. The summed E-state index contributed by atoms with van der Waals surface area (Å²) in [5, 5.41) is 7.29. The van der Waals surface area contributed by atoms with Gasteiger partial charge in [-0.25, -0.2) is 9.97 Å². The largest absolute Gasteiger partial charge is 0.255 e. The van der Waals surface area contributed by atoms with Crippen molar-refractivity contribution >= 4 is 32.3 Å². The minimum atomic E-state index is 0.866. The Balaban J connectivity index is 1.28. The van der Waals surface area contributed by atoms with E-state index in [0.717, 1.165) is 45.3 Å². The van der Waals surface area contributed by atoms with Gasteiger partial charge in [-0.05, 0) is 93.0 Å². The molecule has 0 radical (unpaired) electrons. The van der Waals surface area contributed by atoms with Gasteiger partial charge in [-0.2, -0.15) is 0 Å². The molecule has 0 atom stereocenters. The zero-order valence-corrected chi connectivity index (χ0v) is 22.6. The van der Waals surface area contributed by atoms with Gasteiger partial charge in [-0.15, -0.1) is 0 Å². The lowest BCUT2D eigenvalue weighted by Gasteiger charge is -2.13. The van der Waals surface area contributed by atoms with Crippen molar-refractivity contribution < 1.29 is 0 Å². The molecule has 0 fully saturated rings. The Morgan fingerprint density at radius 2 is 0.690 bits per heavy atom. The first-order chi connectivity index (χ1) is 20.8. The Kier molecular flexibility index (Phi) is 5.75. The highest BCUT2D eigenvalue weighted by Crippen LogP contribution is 2.38. The summed E-state index contributed by atoms with van der Waals surface area (Å²) in [6, 6.07) is 46.0. The Bertz CT molecular complexity index is 2060. The highest BCUT2D eigenvalue weighted by molar-refractivity contribution is 6.26. The highest BCUT2D eigenvalue weighted by Gasteiger charge is 2.13. The van der Waals surface area contributed by atoms with E-state index >= 15 is 0 Å². The summed E-state index contributed by atoms with van der Waals surface area (Å²) in [5.41, 5.74) is 7.49. The maximum absolute atomic E-state index is 4.96. The third-order valence-electron chi connectivity index (χ3n) is 7.78. The van der Waals surface area contributed by atoms with Crippen LogP contribution in [0.4, 0.5) is 0 Å². The summed E-state index contributed by atoms with van der Waals surface area (Å²) in [6.45, 7) is 0. The minimum absolute atomic E-state index is 0.866. The van der Waals surface area contributed by atoms with Crippen LogP contribution in [-0.4, -0.2) is 19.9 Å². The maximum Gasteiger partial charge on any atom is 0.0893 e. The van der Waals surface area contributed by atoms with Gasteiger partial charge in [0.2, 0.25) is 0 Å². The van der Waals surface area contributed by atoms with Gasteiger partial charge in [0.05, 0.1) is 34.2 Å². The standard InChI is InChI=1S/C38H24N4/c1-2-10-28-27(9-1)31-23-25(33-13-7-15-37(41-33)35-11-3-5-21-39-35)17-19-29(31)30-20-18-26(24-32(28)30)34-14-8-16-38(42-34)36-12-4-6-22-40-36/h1-24H. The van der Waals surface area contributed by atoms with E-state index in [0.29, 0.717) is 0 Å². The van der Waals surface area contributed by atoms with Crippen LogP contribution in [-0.2, 0) is 0 Å². The SMILES string of the molecule is c1ccc(-c2cccc(-c3ccc4c5ccc(-c6cccc(-c7ccccn7)n6)cc5c5ccccc5c4c3)n2)nc1. The smallest absolute Gasteiger partial charge is 0.0893 e. The Morgan fingerprint density at radius 3 is 1.14 bits per heavy atom. The van der Waals surface area contributed by atoms with Crippen LogP contribution in [0.5, 0.6) is 0 Å². The maximum atomic E-state index is 4.96. The van der Waals surface area contributed by atoms with Gasteiger partial charge >= 0.3 is 0 Å². The van der Waals surface area contributed by atoms with E-state index < -0.39 is 0 Å². The molecule has 4 heterocycles. The minimum Gasteiger partial charge on any atom is -0.255 e. The summed E-state index contributed by atoms with van der Waals surface area (Å²) >= 11 is 0. The van der Waals surface area contributed by atoms with E-state index in [1.807, 2.05) is 60.7 Å². The normalized spacial score (nSPS) is 11.3. The molecule has 4 aromatic heterocycles. The van der Waals surface area contributed by atoms with Crippen molar-refractivity contribution in [3.05, 3.63) is 146 Å². The Hall–Kier alpha value is -5.74. The number of rotatable bonds is 4. The lowest BCUT2D eigenvalue weighted by Crippen LogP contribution is -1.91. The predicted molar refractivity (Wildman–Crippen MR) is 172 cm³/mol. The van der Waals surface area contributed by atoms with E-state index in [4.69, 9.17) is 9.97 Å². The van der Waals surface area contributed by atoms with Gasteiger partial charge < -0.3 is 0 Å². The summed E-state index contributed by atoms with van der Waals surface area (Å²) in [4.78, 5) is 18.9. The molecule has 0 aliphatic heterocycles. The number of aromatic nitrogens is 4. The van der Waals surface area contributed by atoms with Crippen molar-refractivity contribution in [1.82, 2.24) is 19.9 Å². The molecule has 0 spiro atoms. The van der Waals surface area contributed by atoms with Gasteiger partial charge in [0.15, 0.2) is 0 Å². The molecule has 8 aromatic rings. The number of hydrogen-bond acceptors (Lipinski definition) is 4. The molecule has 0 aliphatic rings. The summed E-state index contributed by atoms with van der Waals surface area (Å²) in [6.07, 6.45) is 3.60. The van der Waals surface area contributed by atoms with Gasteiger partial charge in [0.25, 0.3) is 0 Å². The number of benzene rings is 4. The number of pyridine rings is 4. The fourth-order valence-corrected chi connectivity index (χ4v) is 5.78. The number of fused-ring (bicyclic) bond motifs is 6. The third-order valence-corrected chi connectivity index (χ3v) is 7.78. The first-order valence-corrected chi connectivity index (χ1v) is 14.0. The Labute approximate surface area is 243 Å². The lowest BCUT2D eigenvalue weighted by atomic mass is 9.91. The van der Waals surface area contributed by atoms with E-state index in [9.17, 15) is 0 Å². The first-order valence-electron chi connectivity index (χ1n) is 14.0. The second kappa shape index (κ2) is 10.0. The predicted octanol–water partition coefficient (Wildman–Crippen LogP) is 9.39. The van der Waals surface area contributed by atoms with E-state index in [2.05, 4.69) is 82.8 Å². The van der Waals surface area contributed by atoms with Crippen LogP contribution < -0.4 is 0 Å². The van der Waals surface area contributed by atoms with Crippen LogP contribution in [0.25, 0.3) is 77.6 Å². The van der Waals surface area contributed by atoms with Gasteiger partial charge in [-0.1, -0.05) is 72.8 Å². The molecule has 0 bridgehead atoms. The molecular formula is C38H24N4. The second-order valence-corrected chi connectivity index (χ2v) is 10.3. The van der Waals surface area contributed by atoms with E-state index in [1.165, 1.54) is 32.3 Å². The topological polar surface area (TPSA) is 51.6 Å². The lowest BCUT2D eigenvalue weighted by molar-refractivity contribution is 1.25. The summed E-state index contributed by atoms with van der Waals surface area (Å²) in [7, 11) is 0. The monoisotopic (exact) mass is 536 g/mol. The molecule has 0 N–H and O–H groups in total. The van der Waals surface area contributed by atoms with Crippen molar-refractivity contribution in [2.24, 2.45) is 0 Å². The van der Waals surface area contributed by atoms with Gasteiger partial charge in [0, 0.05) is 23.5 Å². The van der Waals surface area contributed by atoms with Crippen LogP contribution in [0.1, 0.15) is 0 Å². The van der Waals surface area contributed by atoms with Crippen LogP contribution in [0.3, 0.4) is 0 Å². The number of hydrogen-bond donors (Lipinski definition) is 0. The molecule has 0 saturated carbocycles. The molecule has 0 amide bonds. The average Bonchev–Trinajstić information content (AvgIpc) is 3.09.